The van der Waals surface area contributed by atoms with Gasteiger partial charge in [0, 0.05) is 23.1 Å². The van der Waals surface area contributed by atoms with Crippen molar-refractivity contribution in [1.82, 2.24) is 4.90 Å². The lowest BCUT2D eigenvalue weighted by molar-refractivity contribution is 0.0772. The molecule has 1 amide bonds. The minimum Gasteiger partial charge on any atom is -0.339 e. The van der Waals surface area contributed by atoms with Crippen molar-refractivity contribution < 1.29 is 13.2 Å². The van der Waals surface area contributed by atoms with Crippen LogP contribution < -0.4 is 5.14 Å². The number of hydrogen-bond acceptors (Lipinski definition) is 3. The van der Waals surface area contributed by atoms with Crippen LogP contribution in [0.25, 0.3) is 0 Å². The van der Waals surface area contributed by atoms with Crippen LogP contribution in [0.15, 0.2) is 21.5 Å². The first-order valence-electron chi connectivity index (χ1n) is 5.84. The average molecular weight is 349 g/mol. The van der Waals surface area contributed by atoms with E-state index in [0.717, 1.165) is 0 Å². The highest BCUT2D eigenvalue weighted by atomic mass is 79.9. The Morgan fingerprint density at radius 1 is 1.32 bits per heavy atom. The molecule has 0 heterocycles. The van der Waals surface area contributed by atoms with E-state index in [4.69, 9.17) is 5.14 Å². The van der Waals surface area contributed by atoms with E-state index >= 15 is 0 Å². The predicted molar refractivity (Wildman–Crippen MR) is 77.5 cm³/mol. The van der Waals surface area contributed by atoms with E-state index in [0.29, 0.717) is 28.7 Å². The maximum absolute atomic E-state index is 12.2. The quantitative estimate of drug-likeness (QED) is 0.901. The third kappa shape index (κ3) is 3.55. The molecule has 0 radical (unpaired) electrons. The van der Waals surface area contributed by atoms with Crippen LogP contribution in [0.2, 0.25) is 0 Å². The molecule has 0 saturated carbocycles. The Hall–Kier alpha value is -0.920. The van der Waals surface area contributed by atoms with Gasteiger partial charge in [-0.15, -0.1) is 0 Å². The van der Waals surface area contributed by atoms with E-state index in [2.05, 4.69) is 15.9 Å². The maximum atomic E-state index is 12.2. The molecule has 0 aliphatic heterocycles. The summed E-state index contributed by atoms with van der Waals surface area (Å²) in [6, 6.07) is 2.95. The van der Waals surface area contributed by atoms with Crippen molar-refractivity contribution in [1.29, 1.82) is 0 Å². The lowest BCUT2D eigenvalue weighted by Crippen LogP contribution is -2.30. The highest BCUT2D eigenvalue weighted by molar-refractivity contribution is 9.10. The molecule has 0 unspecified atom stereocenters. The van der Waals surface area contributed by atoms with Gasteiger partial charge in [-0.2, -0.15) is 0 Å². The Morgan fingerprint density at radius 3 is 2.26 bits per heavy atom. The number of amides is 1. The fraction of sp³-hybridized carbons (Fsp3) is 0.417. The van der Waals surface area contributed by atoms with Crippen LogP contribution in [0.1, 0.15) is 29.8 Å². The van der Waals surface area contributed by atoms with Crippen LogP contribution in [-0.4, -0.2) is 32.3 Å². The molecule has 0 atom stereocenters. The SMILES string of the molecule is CCN(CC)C(=O)c1cc(Br)c(C)c(S(N)(=O)=O)c1. The fourth-order valence-electron chi connectivity index (χ4n) is 1.77. The van der Waals surface area contributed by atoms with Gasteiger partial charge in [-0.3, -0.25) is 4.79 Å². The molecule has 1 aromatic carbocycles. The molecule has 0 saturated heterocycles. The topological polar surface area (TPSA) is 80.5 Å². The molecule has 0 aliphatic carbocycles. The molecule has 0 fully saturated rings. The standard InChI is InChI=1S/C12H17BrN2O3S/c1-4-15(5-2)12(16)9-6-10(13)8(3)11(7-9)19(14,17)18/h6-7H,4-5H2,1-3H3,(H2,14,17,18). The molecule has 0 aromatic heterocycles. The van der Waals surface area contributed by atoms with Gasteiger partial charge in [-0.05, 0) is 38.5 Å². The molecule has 106 valence electrons. The first-order valence-corrected chi connectivity index (χ1v) is 8.18. The smallest absolute Gasteiger partial charge is 0.253 e. The molecule has 19 heavy (non-hydrogen) atoms. The largest absolute Gasteiger partial charge is 0.339 e. The Labute approximate surface area is 122 Å². The maximum Gasteiger partial charge on any atom is 0.253 e. The van der Waals surface area contributed by atoms with Gasteiger partial charge in [0.25, 0.3) is 5.91 Å². The van der Waals surface area contributed by atoms with E-state index in [9.17, 15) is 13.2 Å². The second-order valence-electron chi connectivity index (χ2n) is 4.10. The summed E-state index contributed by atoms with van der Waals surface area (Å²) in [7, 11) is -3.85. The van der Waals surface area contributed by atoms with Crippen molar-refractivity contribution in [3.63, 3.8) is 0 Å². The number of benzene rings is 1. The highest BCUT2D eigenvalue weighted by Gasteiger charge is 2.20. The number of hydrogen-bond donors (Lipinski definition) is 1. The Morgan fingerprint density at radius 2 is 1.84 bits per heavy atom. The minimum atomic E-state index is -3.85. The number of halogens is 1. The summed E-state index contributed by atoms with van der Waals surface area (Å²) in [6.45, 7) is 6.49. The van der Waals surface area contributed by atoms with Crippen molar-refractivity contribution >= 4 is 31.9 Å². The highest BCUT2D eigenvalue weighted by Crippen LogP contribution is 2.25. The van der Waals surface area contributed by atoms with E-state index in [1.54, 1.807) is 17.9 Å². The van der Waals surface area contributed by atoms with E-state index in [-0.39, 0.29) is 10.8 Å². The summed E-state index contributed by atoms with van der Waals surface area (Å²) in [6.07, 6.45) is 0. The normalized spacial score (nSPS) is 11.4. The lowest BCUT2D eigenvalue weighted by atomic mass is 10.1. The summed E-state index contributed by atoms with van der Waals surface area (Å²) in [5.41, 5.74) is 0.809. The number of sulfonamides is 1. The predicted octanol–water partition coefficient (Wildman–Crippen LogP) is 1.89. The van der Waals surface area contributed by atoms with Crippen molar-refractivity contribution in [3.8, 4) is 0 Å². The van der Waals surface area contributed by atoms with Crippen molar-refractivity contribution in [2.75, 3.05) is 13.1 Å². The van der Waals surface area contributed by atoms with Crippen LogP contribution in [0.5, 0.6) is 0 Å². The van der Waals surface area contributed by atoms with Crippen LogP contribution >= 0.6 is 15.9 Å². The van der Waals surface area contributed by atoms with Gasteiger partial charge in [-0.1, -0.05) is 15.9 Å². The zero-order valence-electron chi connectivity index (χ0n) is 11.1. The molecule has 0 bridgehead atoms. The van der Waals surface area contributed by atoms with Gasteiger partial charge in [0.2, 0.25) is 10.0 Å². The van der Waals surface area contributed by atoms with Gasteiger partial charge in [0.15, 0.2) is 0 Å². The second-order valence-corrected chi connectivity index (χ2v) is 6.49. The van der Waals surface area contributed by atoms with Crippen molar-refractivity contribution in [3.05, 3.63) is 27.7 Å². The molecule has 0 aliphatic rings. The van der Waals surface area contributed by atoms with Crippen LogP contribution in [0, 0.1) is 6.92 Å². The summed E-state index contributed by atoms with van der Waals surface area (Å²) < 4.78 is 23.6. The molecule has 1 rings (SSSR count). The first-order chi connectivity index (χ1) is 8.72. The Kier molecular flexibility index (Phi) is 5.11. The fourth-order valence-corrected chi connectivity index (χ4v) is 3.19. The summed E-state index contributed by atoms with van der Waals surface area (Å²) in [4.78, 5) is 13.8. The van der Waals surface area contributed by atoms with Gasteiger partial charge >= 0.3 is 0 Å². The van der Waals surface area contributed by atoms with Crippen molar-refractivity contribution in [2.24, 2.45) is 5.14 Å². The van der Waals surface area contributed by atoms with Crippen LogP contribution in [-0.2, 0) is 10.0 Å². The molecular weight excluding hydrogens is 332 g/mol. The van der Waals surface area contributed by atoms with E-state index in [1.807, 2.05) is 13.8 Å². The second kappa shape index (κ2) is 6.02. The Bertz CT molecular complexity index is 595. The molecule has 1 aromatic rings. The van der Waals surface area contributed by atoms with Gasteiger partial charge in [-0.25, -0.2) is 13.6 Å². The number of rotatable bonds is 4. The number of nitrogens with two attached hydrogens (primary N) is 1. The summed E-state index contributed by atoms with van der Waals surface area (Å²) in [5, 5.41) is 5.16. The van der Waals surface area contributed by atoms with Crippen LogP contribution in [0.4, 0.5) is 0 Å². The van der Waals surface area contributed by atoms with E-state index in [1.165, 1.54) is 6.07 Å². The Balaban J connectivity index is 3.40. The lowest BCUT2D eigenvalue weighted by Gasteiger charge is -2.19. The number of carbonyl (C=O) groups is 1. The third-order valence-corrected chi connectivity index (χ3v) is 4.76. The zero-order chi connectivity index (χ0) is 14.8. The summed E-state index contributed by atoms with van der Waals surface area (Å²) in [5.74, 6) is -0.212. The zero-order valence-corrected chi connectivity index (χ0v) is 13.5. The van der Waals surface area contributed by atoms with Gasteiger partial charge in [0.05, 0.1) is 4.90 Å². The molecule has 7 heteroatoms. The first kappa shape index (κ1) is 16.1. The average Bonchev–Trinajstić information content (AvgIpc) is 2.32. The van der Waals surface area contributed by atoms with Crippen LogP contribution in [0.3, 0.4) is 0 Å². The monoisotopic (exact) mass is 348 g/mol. The number of carbonyl (C=O) groups excluding carboxylic acids is 1. The molecule has 0 spiro atoms. The van der Waals surface area contributed by atoms with Crippen molar-refractivity contribution in [2.45, 2.75) is 25.7 Å². The molecule has 5 nitrogen and oxygen atoms in total. The minimum absolute atomic E-state index is 0.0302. The van der Waals surface area contributed by atoms with Gasteiger partial charge in [0.1, 0.15) is 0 Å². The van der Waals surface area contributed by atoms with E-state index < -0.39 is 10.0 Å². The number of primary sulfonamides is 1. The third-order valence-electron chi connectivity index (χ3n) is 2.90. The van der Waals surface area contributed by atoms with Gasteiger partial charge < -0.3 is 4.90 Å². The molecular formula is C12H17BrN2O3S. The number of nitrogens with zero attached hydrogens (tertiary/aromatic N) is 1. The summed E-state index contributed by atoms with van der Waals surface area (Å²) >= 11 is 3.26. The molecule has 2 N–H and O–H groups in total.